The fourth-order valence-electron chi connectivity index (χ4n) is 3.41. The number of nitrogens with zero attached hydrogens (tertiary/aromatic N) is 5. The highest BCUT2D eigenvalue weighted by Gasteiger charge is 2.36. The molecule has 0 radical (unpaired) electrons. The van der Waals surface area contributed by atoms with E-state index in [4.69, 9.17) is 9.57 Å². The van der Waals surface area contributed by atoms with Gasteiger partial charge in [-0.2, -0.15) is 0 Å². The molecule has 3 aliphatic rings. The fraction of sp³-hybridized carbons (Fsp3) is 0.400. The molecule has 4 rings (SSSR count). The monoisotopic (exact) mass is 385 g/mol. The van der Waals surface area contributed by atoms with Crippen molar-refractivity contribution in [3.05, 3.63) is 59.2 Å². The van der Waals surface area contributed by atoms with E-state index in [0.29, 0.717) is 42.8 Å². The van der Waals surface area contributed by atoms with Crippen LogP contribution in [0.2, 0.25) is 0 Å². The summed E-state index contributed by atoms with van der Waals surface area (Å²) >= 11 is 0. The van der Waals surface area contributed by atoms with Crippen molar-refractivity contribution in [2.75, 3.05) is 31.8 Å². The highest BCUT2D eigenvalue weighted by atomic mass is 19.1. The Kier molecular flexibility index (Phi) is 5.04. The first-order valence-electron chi connectivity index (χ1n) is 9.44. The highest BCUT2D eigenvalue weighted by Crippen LogP contribution is 2.39. The lowest BCUT2D eigenvalue weighted by Crippen LogP contribution is -2.40. The third-order valence-corrected chi connectivity index (χ3v) is 4.82. The van der Waals surface area contributed by atoms with E-state index in [-0.39, 0.29) is 5.82 Å². The first-order chi connectivity index (χ1) is 13.6. The number of rotatable bonds is 6. The van der Waals surface area contributed by atoms with Gasteiger partial charge in [0.2, 0.25) is 0 Å². The van der Waals surface area contributed by atoms with Crippen LogP contribution in [0.3, 0.4) is 0 Å². The minimum Gasteiger partial charge on any atom is -0.494 e. The first-order valence-corrected chi connectivity index (χ1v) is 9.44. The second kappa shape index (κ2) is 7.63. The molecule has 7 nitrogen and oxygen atoms in total. The Morgan fingerprint density at radius 1 is 1.21 bits per heavy atom. The fourth-order valence-corrected chi connectivity index (χ4v) is 3.41. The van der Waals surface area contributed by atoms with Gasteiger partial charge in [-0.3, -0.25) is 9.74 Å². The summed E-state index contributed by atoms with van der Waals surface area (Å²) in [5.74, 6) is 1.80. The smallest absolute Gasteiger partial charge is 0.177 e. The van der Waals surface area contributed by atoms with E-state index in [9.17, 15) is 4.39 Å². The molecular weight excluding hydrogens is 361 g/mol. The Bertz CT molecular complexity index is 893. The molecule has 0 fully saturated rings. The number of hydrogen-bond donors (Lipinski definition) is 0. The average molecular weight is 385 g/mol. The number of hydrogen-bond acceptors (Lipinski definition) is 7. The maximum Gasteiger partial charge on any atom is 0.177 e. The van der Waals surface area contributed by atoms with Crippen LogP contribution in [-0.2, 0) is 4.84 Å². The Morgan fingerprint density at radius 2 is 2.07 bits per heavy atom. The van der Waals surface area contributed by atoms with Gasteiger partial charge in [0.25, 0.3) is 0 Å². The summed E-state index contributed by atoms with van der Waals surface area (Å²) in [6, 6.07) is 4.88. The predicted molar refractivity (Wildman–Crippen MR) is 103 cm³/mol. The van der Waals surface area contributed by atoms with Crippen molar-refractivity contribution in [3.8, 4) is 5.75 Å². The van der Waals surface area contributed by atoms with Crippen molar-refractivity contribution < 1.29 is 14.0 Å². The van der Waals surface area contributed by atoms with E-state index >= 15 is 0 Å². The van der Waals surface area contributed by atoms with Crippen molar-refractivity contribution >= 4 is 5.69 Å². The molecule has 0 aromatic heterocycles. The van der Waals surface area contributed by atoms with Crippen LogP contribution >= 0.6 is 0 Å². The van der Waals surface area contributed by atoms with Crippen molar-refractivity contribution in [2.45, 2.75) is 26.7 Å². The lowest BCUT2D eigenvalue weighted by molar-refractivity contribution is -0.0952. The van der Waals surface area contributed by atoms with Gasteiger partial charge in [0, 0.05) is 12.6 Å². The summed E-state index contributed by atoms with van der Waals surface area (Å²) in [5.41, 5.74) is 2.24. The van der Waals surface area contributed by atoms with Crippen LogP contribution in [0.5, 0.6) is 5.75 Å². The predicted octanol–water partition coefficient (Wildman–Crippen LogP) is 4.34. The Morgan fingerprint density at radius 3 is 2.86 bits per heavy atom. The molecule has 0 aliphatic carbocycles. The first kappa shape index (κ1) is 18.5. The Hall–Kier alpha value is -2.87. The highest BCUT2D eigenvalue weighted by molar-refractivity contribution is 5.61. The molecule has 1 aromatic carbocycles. The third kappa shape index (κ3) is 3.35. The van der Waals surface area contributed by atoms with Crippen molar-refractivity contribution in [1.82, 2.24) is 9.96 Å². The lowest BCUT2D eigenvalue weighted by Gasteiger charge is -2.38. The number of allylic oxidation sites excluding steroid dienone is 1. The van der Waals surface area contributed by atoms with Crippen LogP contribution in [0.25, 0.3) is 0 Å². The second-order valence-electron chi connectivity index (χ2n) is 6.96. The number of halogens is 1. The van der Waals surface area contributed by atoms with E-state index in [1.54, 1.807) is 30.5 Å². The summed E-state index contributed by atoms with van der Waals surface area (Å²) in [6.45, 7) is 5.74. The summed E-state index contributed by atoms with van der Waals surface area (Å²) in [5, 5.41) is 10.3. The molecule has 0 spiro atoms. The average Bonchev–Trinajstić information content (AvgIpc) is 3.12. The van der Waals surface area contributed by atoms with Crippen LogP contribution in [-0.4, -0.2) is 36.9 Å². The van der Waals surface area contributed by atoms with Gasteiger partial charge in [0.15, 0.2) is 5.82 Å². The molecule has 0 N–H and O–H groups in total. The number of azo groups is 1. The summed E-state index contributed by atoms with van der Waals surface area (Å²) in [4.78, 5) is 9.21. The number of anilines is 1. The maximum atomic E-state index is 14.9. The van der Waals surface area contributed by atoms with Crippen LogP contribution in [0.15, 0.2) is 63.6 Å². The third-order valence-electron chi connectivity index (χ3n) is 4.82. The molecule has 8 heteroatoms. The van der Waals surface area contributed by atoms with Gasteiger partial charge in [-0.05, 0) is 31.6 Å². The summed E-state index contributed by atoms with van der Waals surface area (Å²) in [7, 11) is 1.60. The van der Waals surface area contributed by atoms with Gasteiger partial charge in [0.1, 0.15) is 29.8 Å². The van der Waals surface area contributed by atoms with E-state index < -0.39 is 0 Å². The largest absolute Gasteiger partial charge is 0.494 e. The van der Waals surface area contributed by atoms with Crippen LogP contribution in [0.4, 0.5) is 10.1 Å². The SMILES string of the molecule is CCCCOc1ccc(F)c(N2CC(C)=CC3=C2N2CN(OC)C=C2N=N3)c1. The van der Waals surface area contributed by atoms with Gasteiger partial charge in [-0.15, -0.1) is 10.2 Å². The van der Waals surface area contributed by atoms with Crippen LogP contribution in [0, 0.1) is 5.82 Å². The Balaban J connectivity index is 1.71. The minimum atomic E-state index is -0.305. The molecule has 28 heavy (non-hydrogen) atoms. The molecule has 148 valence electrons. The van der Waals surface area contributed by atoms with Gasteiger partial charge in [0.05, 0.1) is 25.6 Å². The molecule has 0 amide bonds. The molecule has 3 heterocycles. The number of hydroxylamine groups is 2. The summed E-state index contributed by atoms with van der Waals surface area (Å²) in [6.07, 6.45) is 5.77. The zero-order chi connectivity index (χ0) is 19.7. The number of benzene rings is 1. The molecular formula is C20H24FN5O2. The molecule has 0 bridgehead atoms. The number of ether oxygens (including phenoxy) is 1. The maximum absolute atomic E-state index is 14.9. The molecule has 0 saturated carbocycles. The van der Waals surface area contributed by atoms with Gasteiger partial charge >= 0.3 is 0 Å². The standard InChI is InChI=1S/C20H24FN5O2/c1-4-5-8-28-15-6-7-16(21)18(10-15)25-11-14(2)9-17-20(25)26-13-24(27-3)12-19(26)23-22-17/h6-7,9-10,12H,4-5,8,11,13H2,1-3H3. The quantitative estimate of drug-likeness (QED) is 0.682. The number of fused-ring (bicyclic) bond motifs is 2. The van der Waals surface area contributed by atoms with Crippen LogP contribution in [0.1, 0.15) is 26.7 Å². The molecule has 0 atom stereocenters. The second-order valence-corrected chi connectivity index (χ2v) is 6.96. The van der Waals surface area contributed by atoms with E-state index in [1.807, 2.05) is 22.8 Å². The van der Waals surface area contributed by atoms with Crippen molar-refractivity contribution in [1.29, 1.82) is 0 Å². The zero-order valence-corrected chi connectivity index (χ0v) is 16.4. The normalized spacial score (nSPS) is 18.2. The van der Waals surface area contributed by atoms with E-state index in [1.165, 1.54) is 6.07 Å². The molecule has 0 saturated heterocycles. The summed E-state index contributed by atoms with van der Waals surface area (Å²) < 4.78 is 20.7. The van der Waals surface area contributed by atoms with E-state index in [2.05, 4.69) is 17.2 Å². The topological polar surface area (TPSA) is 52.9 Å². The Labute approximate surface area is 164 Å². The van der Waals surface area contributed by atoms with Gasteiger partial charge in [-0.1, -0.05) is 18.9 Å². The lowest BCUT2D eigenvalue weighted by atomic mass is 10.1. The molecule has 0 unspecified atom stereocenters. The van der Waals surface area contributed by atoms with Gasteiger partial charge < -0.3 is 9.64 Å². The van der Waals surface area contributed by atoms with Crippen molar-refractivity contribution in [2.24, 2.45) is 10.2 Å². The van der Waals surface area contributed by atoms with Crippen molar-refractivity contribution in [3.63, 3.8) is 0 Å². The van der Waals surface area contributed by atoms with Gasteiger partial charge in [-0.25, -0.2) is 9.45 Å². The number of unbranched alkanes of at least 4 members (excludes halogenated alkanes) is 1. The minimum absolute atomic E-state index is 0.305. The van der Waals surface area contributed by atoms with Crippen LogP contribution < -0.4 is 9.64 Å². The zero-order valence-electron chi connectivity index (χ0n) is 16.4. The van der Waals surface area contributed by atoms with E-state index in [0.717, 1.165) is 24.2 Å². The molecule has 3 aliphatic heterocycles. The molecule has 1 aromatic rings.